The van der Waals surface area contributed by atoms with Crippen molar-refractivity contribution in [2.45, 2.75) is 84.6 Å². The Kier molecular flexibility index (Phi) is 7.91. The van der Waals surface area contributed by atoms with Crippen LogP contribution in [0, 0.1) is 5.92 Å². The number of hydrogen-bond donors (Lipinski definition) is 1. The van der Waals surface area contributed by atoms with E-state index in [9.17, 15) is 9.59 Å². The first-order valence-electron chi connectivity index (χ1n) is 8.99. The van der Waals surface area contributed by atoms with Gasteiger partial charge in [0.15, 0.2) is 0 Å². The molecule has 2 amide bonds. The van der Waals surface area contributed by atoms with E-state index in [1.807, 2.05) is 4.90 Å². The Morgan fingerprint density at radius 3 is 2.14 bits per heavy atom. The molecule has 4 heteroatoms. The second-order valence-corrected chi connectivity index (χ2v) is 7.17. The largest absolute Gasteiger partial charge is 0.351 e. The van der Waals surface area contributed by atoms with Crippen molar-refractivity contribution in [2.24, 2.45) is 5.92 Å². The molecule has 0 aromatic carbocycles. The zero-order chi connectivity index (χ0) is 16.6. The van der Waals surface area contributed by atoms with Crippen LogP contribution in [0.3, 0.4) is 0 Å². The normalized spacial score (nSPS) is 24.8. The van der Waals surface area contributed by atoms with E-state index in [1.54, 1.807) is 0 Å². The molecule has 0 aromatic heterocycles. The molecule has 0 spiro atoms. The molecule has 22 heavy (non-hydrogen) atoms. The van der Waals surface area contributed by atoms with Gasteiger partial charge in [0.2, 0.25) is 11.8 Å². The zero-order valence-electron chi connectivity index (χ0n) is 14.9. The highest BCUT2D eigenvalue weighted by molar-refractivity contribution is 5.84. The standard InChI is InChI=1S/C18H34N2O2/c1-5-13-20(14-6-2)17(22)8-7-16(21)19-18(4)11-9-15(3)10-12-18/h15H,5-14H2,1-4H3,(H,19,21). The predicted molar refractivity (Wildman–Crippen MR) is 90.6 cm³/mol. The van der Waals surface area contributed by atoms with E-state index in [1.165, 1.54) is 12.8 Å². The number of rotatable bonds is 8. The Bertz CT molecular complexity index is 354. The summed E-state index contributed by atoms with van der Waals surface area (Å²) < 4.78 is 0. The van der Waals surface area contributed by atoms with E-state index in [0.717, 1.165) is 44.7 Å². The van der Waals surface area contributed by atoms with Gasteiger partial charge in [-0.3, -0.25) is 9.59 Å². The average Bonchev–Trinajstić information content (AvgIpc) is 2.48. The summed E-state index contributed by atoms with van der Waals surface area (Å²) in [4.78, 5) is 26.2. The summed E-state index contributed by atoms with van der Waals surface area (Å²) >= 11 is 0. The lowest BCUT2D eigenvalue weighted by Crippen LogP contribution is -2.48. The van der Waals surface area contributed by atoms with Crippen LogP contribution in [0.5, 0.6) is 0 Å². The van der Waals surface area contributed by atoms with Gasteiger partial charge >= 0.3 is 0 Å². The molecule has 0 saturated heterocycles. The quantitative estimate of drug-likeness (QED) is 0.746. The Morgan fingerprint density at radius 2 is 1.64 bits per heavy atom. The van der Waals surface area contributed by atoms with Crippen LogP contribution in [0.2, 0.25) is 0 Å². The number of hydrogen-bond acceptors (Lipinski definition) is 2. The van der Waals surface area contributed by atoms with E-state index in [0.29, 0.717) is 12.8 Å². The molecule has 0 aliphatic heterocycles. The van der Waals surface area contributed by atoms with Crippen LogP contribution in [0.15, 0.2) is 0 Å². The summed E-state index contributed by atoms with van der Waals surface area (Å²) in [5.74, 6) is 0.905. The molecule has 1 saturated carbocycles. The molecule has 0 bridgehead atoms. The van der Waals surface area contributed by atoms with Crippen LogP contribution in [0.1, 0.15) is 79.1 Å². The number of nitrogens with zero attached hydrogens (tertiary/aromatic N) is 1. The lowest BCUT2D eigenvalue weighted by Gasteiger charge is -2.37. The van der Waals surface area contributed by atoms with Gasteiger partial charge in [-0.15, -0.1) is 0 Å². The third-order valence-electron chi connectivity index (χ3n) is 4.72. The highest BCUT2D eigenvalue weighted by Gasteiger charge is 2.30. The third kappa shape index (κ3) is 6.37. The van der Waals surface area contributed by atoms with Gasteiger partial charge in [-0.1, -0.05) is 20.8 Å². The number of carbonyl (C=O) groups excluding carboxylic acids is 2. The van der Waals surface area contributed by atoms with Crippen molar-refractivity contribution in [1.82, 2.24) is 10.2 Å². The SMILES string of the molecule is CCCN(CCC)C(=O)CCC(=O)NC1(C)CCC(C)CC1. The molecular weight excluding hydrogens is 276 g/mol. The molecule has 1 aliphatic carbocycles. The molecule has 128 valence electrons. The molecule has 0 atom stereocenters. The van der Waals surface area contributed by atoms with Crippen LogP contribution in [0.25, 0.3) is 0 Å². The molecule has 0 radical (unpaired) electrons. The van der Waals surface area contributed by atoms with Crippen molar-refractivity contribution in [3.8, 4) is 0 Å². The van der Waals surface area contributed by atoms with Crippen molar-refractivity contribution in [1.29, 1.82) is 0 Å². The van der Waals surface area contributed by atoms with Gasteiger partial charge < -0.3 is 10.2 Å². The van der Waals surface area contributed by atoms with E-state index in [4.69, 9.17) is 0 Å². The highest BCUT2D eigenvalue weighted by atomic mass is 16.2. The Hall–Kier alpha value is -1.06. The van der Waals surface area contributed by atoms with E-state index >= 15 is 0 Å². The molecule has 1 fully saturated rings. The summed E-state index contributed by atoms with van der Waals surface area (Å²) in [6.07, 6.45) is 7.03. The molecular formula is C18H34N2O2. The number of carbonyl (C=O) groups is 2. The Balaban J connectivity index is 2.37. The second kappa shape index (κ2) is 9.16. The zero-order valence-corrected chi connectivity index (χ0v) is 14.9. The van der Waals surface area contributed by atoms with Gasteiger partial charge in [0.25, 0.3) is 0 Å². The first kappa shape index (κ1) is 19.0. The van der Waals surface area contributed by atoms with Gasteiger partial charge in [-0.25, -0.2) is 0 Å². The third-order valence-corrected chi connectivity index (χ3v) is 4.72. The van der Waals surface area contributed by atoms with E-state index in [2.05, 4.69) is 33.0 Å². The van der Waals surface area contributed by atoms with Crippen molar-refractivity contribution < 1.29 is 9.59 Å². The number of amides is 2. The van der Waals surface area contributed by atoms with Crippen molar-refractivity contribution >= 4 is 11.8 Å². The maximum Gasteiger partial charge on any atom is 0.223 e. The Labute approximate surface area is 136 Å². The fraction of sp³-hybridized carbons (Fsp3) is 0.889. The number of nitrogens with one attached hydrogen (secondary N) is 1. The van der Waals surface area contributed by atoms with E-state index < -0.39 is 0 Å². The molecule has 0 aromatic rings. The van der Waals surface area contributed by atoms with Crippen LogP contribution < -0.4 is 5.32 Å². The first-order valence-corrected chi connectivity index (χ1v) is 8.99. The minimum Gasteiger partial charge on any atom is -0.351 e. The van der Waals surface area contributed by atoms with Crippen LogP contribution in [-0.4, -0.2) is 35.3 Å². The summed E-state index contributed by atoms with van der Waals surface area (Å²) in [5, 5.41) is 3.16. The summed E-state index contributed by atoms with van der Waals surface area (Å²) in [6.45, 7) is 10.2. The van der Waals surface area contributed by atoms with Gasteiger partial charge in [0.05, 0.1) is 0 Å². The summed E-state index contributed by atoms with van der Waals surface area (Å²) in [5.41, 5.74) is -0.0703. The minimum atomic E-state index is -0.0703. The minimum absolute atomic E-state index is 0.0263. The predicted octanol–water partition coefficient (Wildman–Crippen LogP) is 3.50. The van der Waals surface area contributed by atoms with E-state index in [-0.39, 0.29) is 17.4 Å². The maximum absolute atomic E-state index is 12.2. The van der Waals surface area contributed by atoms with Gasteiger partial charge in [-0.2, -0.15) is 0 Å². The first-order chi connectivity index (χ1) is 10.4. The van der Waals surface area contributed by atoms with Crippen molar-refractivity contribution in [2.75, 3.05) is 13.1 Å². The van der Waals surface area contributed by atoms with Crippen LogP contribution in [-0.2, 0) is 9.59 Å². The average molecular weight is 310 g/mol. The van der Waals surface area contributed by atoms with Crippen molar-refractivity contribution in [3.63, 3.8) is 0 Å². The van der Waals surface area contributed by atoms with Crippen LogP contribution >= 0.6 is 0 Å². The molecule has 0 unspecified atom stereocenters. The van der Waals surface area contributed by atoms with Gasteiger partial charge in [0.1, 0.15) is 0 Å². The van der Waals surface area contributed by atoms with Gasteiger partial charge in [-0.05, 0) is 51.4 Å². The Morgan fingerprint density at radius 1 is 1.09 bits per heavy atom. The smallest absolute Gasteiger partial charge is 0.223 e. The van der Waals surface area contributed by atoms with Crippen molar-refractivity contribution in [3.05, 3.63) is 0 Å². The molecule has 1 aliphatic rings. The summed E-state index contributed by atoms with van der Waals surface area (Å²) in [6, 6.07) is 0. The molecule has 1 N–H and O–H groups in total. The monoisotopic (exact) mass is 310 g/mol. The summed E-state index contributed by atoms with van der Waals surface area (Å²) in [7, 11) is 0. The maximum atomic E-state index is 12.2. The fourth-order valence-electron chi connectivity index (χ4n) is 3.20. The lowest BCUT2D eigenvalue weighted by molar-refractivity contribution is -0.134. The molecule has 1 rings (SSSR count). The second-order valence-electron chi connectivity index (χ2n) is 7.17. The lowest BCUT2D eigenvalue weighted by atomic mass is 9.78. The van der Waals surface area contributed by atoms with Gasteiger partial charge in [0, 0.05) is 31.5 Å². The highest BCUT2D eigenvalue weighted by Crippen LogP contribution is 2.31. The fourth-order valence-corrected chi connectivity index (χ4v) is 3.20. The van der Waals surface area contributed by atoms with Crippen LogP contribution in [0.4, 0.5) is 0 Å². The molecule has 0 heterocycles. The topological polar surface area (TPSA) is 49.4 Å². The molecule has 4 nitrogen and oxygen atoms in total.